The normalized spacial score (nSPS) is 13.4. The van der Waals surface area contributed by atoms with Gasteiger partial charge in [0.15, 0.2) is 22.8 Å². The van der Waals surface area contributed by atoms with Crippen molar-refractivity contribution in [1.29, 1.82) is 0 Å². The number of hydrogen-bond acceptors (Lipinski definition) is 8. The summed E-state index contributed by atoms with van der Waals surface area (Å²) in [5.41, 5.74) is 3.60. The van der Waals surface area contributed by atoms with Gasteiger partial charge in [-0.25, -0.2) is 15.0 Å². The molecule has 10 nitrogen and oxygen atoms in total. The molecule has 0 atom stereocenters. The first-order valence-electron chi connectivity index (χ1n) is 12.6. The molecule has 0 radical (unpaired) electrons. The standard InChI is InChI=1S/C28H27N7O3/c1-18-24(19(2)38-33-18)26-31-27(30-20-10-12-22(13-11-20)37-21-7-4-3-5-8-21)25-28(32-26)35(17-29-25)16-15-34-14-6-9-23(34)36/h3-5,7-8,10-13,17H,6,9,14-16H2,1-2H3,(H,30,31,32). The Kier molecular flexibility index (Phi) is 6.20. The molecule has 4 heterocycles. The minimum absolute atomic E-state index is 0.197. The average Bonchev–Trinajstić information content (AvgIpc) is 3.62. The number of carbonyl (C=O) groups excluding carboxylic acids is 1. The first kappa shape index (κ1) is 23.7. The molecule has 0 aliphatic carbocycles. The fourth-order valence-corrected chi connectivity index (χ4v) is 4.65. The smallest absolute Gasteiger partial charge is 0.222 e. The summed E-state index contributed by atoms with van der Waals surface area (Å²) in [6, 6.07) is 17.3. The highest BCUT2D eigenvalue weighted by molar-refractivity contribution is 5.87. The zero-order valence-corrected chi connectivity index (χ0v) is 21.2. The number of amides is 1. The van der Waals surface area contributed by atoms with Crippen molar-refractivity contribution in [2.75, 3.05) is 18.4 Å². The molecule has 1 aliphatic rings. The molecule has 0 saturated carbocycles. The Bertz CT molecular complexity index is 1570. The number of fused-ring (bicyclic) bond motifs is 1. The van der Waals surface area contributed by atoms with E-state index in [0.29, 0.717) is 53.8 Å². The molecule has 0 unspecified atom stereocenters. The second kappa shape index (κ2) is 9.97. The number of nitrogens with one attached hydrogen (secondary N) is 1. The molecular formula is C28H27N7O3. The summed E-state index contributed by atoms with van der Waals surface area (Å²) in [5, 5.41) is 7.48. The maximum atomic E-state index is 12.1. The van der Waals surface area contributed by atoms with Crippen LogP contribution in [-0.4, -0.2) is 48.6 Å². The van der Waals surface area contributed by atoms with Crippen LogP contribution < -0.4 is 10.1 Å². The van der Waals surface area contributed by atoms with E-state index in [1.54, 1.807) is 6.33 Å². The largest absolute Gasteiger partial charge is 0.457 e. The second-order valence-electron chi connectivity index (χ2n) is 9.25. The number of likely N-dealkylation sites (tertiary alicyclic amines) is 1. The summed E-state index contributed by atoms with van der Waals surface area (Å²) < 4.78 is 13.3. The van der Waals surface area contributed by atoms with Crippen molar-refractivity contribution < 1.29 is 14.1 Å². The van der Waals surface area contributed by atoms with E-state index in [1.807, 2.05) is 77.9 Å². The van der Waals surface area contributed by atoms with Crippen LogP contribution in [0.1, 0.15) is 24.3 Å². The summed E-state index contributed by atoms with van der Waals surface area (Å²) in [6.45, 7) is 5.71. The van der Waals surface area contributed by atoms with E-state index in [1.165, 1.54) is 0 Å². The number of para-hydroxylation sites is 1. The van der Waals surface area contributed by atoms with Crippen LogP contribution in [0.25, 0.3) is 22.6 Å². The van der Waals surface area contributed by atoms with Gasteiger partial charge in [0.05, 0.1) is 17.6 Å². The molecule has 3 aromatic heterocycles. The molecule has 10 heteroatoms. The lowest BCUT2D eigenvalue weighted by Crippen LogP contribution is -2.28. The molecular weight excluding hydrogens is 482 g/mol. The number of ether oxygens (including phenoxy) is 1. The van der Waals surface area contributed by atoms with Crippen molar-refractivity contribution >= 4 is 28.6 Å². The summed E-state index contributed by atoms with van der Waals surface area (Å²) >= 11 is 0. The Morgan fingerprint density at radius 2 is 1.79 bits per heavy atom. The van der Waals surface area contributed by atoms with Crippen LogP contribution in [-0.2, 0) is 11.3 Å². The van der Waals surface area contributed by atoms with Crippen LogP contribution in [0.2, 0.25) is 0 Å². The Morgan fingerprint density at radius 1 is 1.00 bits per heavy atom. The molecule has 1 aliphatic heterocycles. The van der Waals surface area contributed by atoms with Gasteiger partial charge in [-0.15, -0.1) is 0 Å². The molecule has 0 bridgehead atoms. The lowest BCUT2D eigenvalue weighted by molar-refractivity contribution is -0.127. The molecule has 2 aromatic carbocycles. The van der Waals surface area contributed by atoms with E-state index in [2.05, 4.69) is 15.5 Å². The average molecular weight is 510 g/mol. The van der Waals surface area contributed by atoms with Crippen LogP contribution in [0.15, 0.2) is 65.4 Å². The summed E-state index contributed by atoms with van der Waals surface area (Å²) in [6.07, 6.45) is 3.27. The Labute approximate surface area is 219 Å². The number of rotatable bonds is 8. The van der Waals surface area contributed by atoms with Gasteiger partial charge in [0.25, 0.3) is 0 Å². The predicted molar refractivity (Wildman–Crippen MR) is 142 cm³/mol. The highest BCUT2D eigenvalue weighted by Gasteiger charge is 2.22. The van der Waals surface area contributed by atoms with Gasteiger partial charge in [-0.3, -0.25) is 4.79 Å². The number of aromatic nitrogens is 5. The highest BCUT2D eigenvalue weighted by atomic mass is 16.5. The lowest BCUT2D eigenvalue weighted by Gasteiger charge is -2.16. The maximum absolute atomic E-state index is 12.1. The topological polar surface area (TPSA) is 111 Å². The fourth-order valence-electron chi connectivity index (χ4n) is 4.65. The van der Waals surface area contributed by atoms with Gasteiger partial charge in [-0.1, -0.05) is 23.4 Å². The molecule has 1 amide bonds. The van der Waals surface area contributed by atoms with Gasteiger partial charge < -0.3 is 24.0 Å². The highest BCUT2D eigenvalue weighted by Crippen LogP contribution is 2.31. The van der Waals surface area contributed by atoms with Crippen LogP contribution in [0.4, 0.5) is 11.5 Å². The Morgan fingerprint density at radius 3 is 2.50 bits per heavy atom. The van der Waals surface area contributed by atoms with E-state index in [0.717, 1.165) is 35.7 Å². The molecule has 38 heavy (non-hydrogen) atoms. The third kappa shape index (κ3) is 4.68. The maximum Gasteiger partial charge on any atom is 0.222 e. The monoisotopic (exact) mass is 509 g/mol. The third-order valence-electron chi connectivity index (χ3n) is 6.60. The van der Waals surface area contributed by atoms with Crippen molar-refractivity contribution in [3.8, 4) is 22.9 Å². The number of nitrogens with zero attached hydrogens (tertiary/aromatic N) is 6. The minimum atomic E-state index is 0.197. The Balaban J connectivity index is 1.32. The fraction of sp³-hybridized carbons (Fsp3) is 0.250. The third-order valence-corrected chi connectivity index (χ3v) is 6.60. The van der Waals surface area contributed by atoms with Gasteiger partial charge >= 0.3 is 0 Å². The first-order chi connectivity index (χ1) is 18.5. The van der Waals surface area contributed by atoms with Crippen LogP contribution in [0, 0.1) is 13.8 Å². The van der Waals surface area contributed by atoms with E-state index in [4.69, 9.17) is 19.2 Å². The van der Waals surface area contributed by atoms with Gasteiger partial charge in [0.1, 0.15) is 17.3 Å². The van der Waals surface area contributed by atoms with E-state index >= 15 is 0 Å². The SMILES string of the molecule is Cc1noc(C)c1-c1nc(Nc2ccc(Oc3ccccc3)cc2)c2ncn(CCN3CCCC3=O)c2n1. The molecule has 5 aromatic rings. The molecule has 6 rings (SSSR count). The van der Waals surface area contributed by atoms with Crippen LogP contribution >= 0.6 is 0 Å². The van der Waals surface area contributed by atoms with E-state index in [9.17, 15) is 4.79 Å². The van der Waals surface area contributed by atoms with Gasteiger partial charge in [0.2, 0.25) is 5.91 Å². The van der Waals surface area contributed by atoms with Crippen molar-refractivity contribution in [1.82, 2.24) is 29.6 Å². The van der Waals surface area contributed by atoms with Crippen LogP contribution in [0.3, 0.4) is 0 Å². The number of anilines is 2. The molecule has 1 saturated heterocycles. The zero-order valence-electron chi connectivity index (χ0n) is 21.2. The Hall–Kier alpha value is -4.73. The van der Waals surface area contributed by atoms with Crippen molar-refractivity contribution in [2.45, 2.75) is 33.2 Å². The summed E-state index contributed by atoms with van der Waals surface area (Å²) in [7, 11) is 0. The lowest BCUT2D eigenvalue weighted by atomic mass is 10.2. The first-order valence-corrected chi connectivity index (χ1v) is 12.6. The van der Waals surface area contributed by atoms with E-state index in [-0.39, 0.29) is 5.91 Å². The molecule has 0 spiro atoms. The minimum Gasteiger partial charge on any atom is -0.457 e. The summed E-state index contributed by atoms with van der Waals surface area (Å²) in [4.78, 5) is 28.3. The number of aryl methyl sites for hydroxylation is 2. The summed E-state index contributed by atoms with van der Waals surface area (Å²) in [5.74, 6) is 3.41. The number of hydrogen-bond donors (Lipinski definition) is 1. The van der Waals surface area contributed by atoms with Crippen molar-refractivity contribution in [3.63, 3.8) is 0 Å². The van der Waals surface area contributed by atoms with Crippen LogP contribution in [0.5, 0.6) is 11.5 Å². The van der Waals surface area contributed by atoms with Crippen molar-refractivity contribution in [2.24, 2.45) is 0 Å². The predicted octanol–water partition coefficient (Wildman–Crippen LogP) is 5.26. The quantitative estimate of drug-likeness (QED) is 0.302. The van der Waals surface area contributed by atoms with Crippen molar-refractivity contribution in [3.05, 3.63) is 72.4 Å². The second-order valence-corrected chi connectivity index (χ2v) is 9.25. The molecule has 1 N–H and O–H groups in total. The van der Waals surface area contributed by atoms with Gasteiger partial charge in [-0.2, -0.15) is 0 Å². The van der Waals surface area contributed by atoms with E-state index < -0.39 is 0 Å². The number of benzene rings is 2. The van der Waals surface area contributed by atoms with Gasteiger partial charge in [0, 0.05) is 31.7 Å². The van der Waals surface area contributed by atoms with Gasteiger partial charge in [-0.05, 0) is 56.7 Å². The number of carbonyl (C=O) groups is 1. The zero-order chi connectivity index (χ0) is 26.1. The number of imidazole rings is 1. The molecule has 1 fully saturated rings. The molecule has 192 valence electrons.